The van der Waals surface area contributed by atoms with Crippen molar-refractivity contribution in [3.05, 3.63) is 57.8 Å². The lowest BCUT2D eigenvalue weighted by molar-refractivity contribution is 0.207. The van der Waals surface area contributed by atoms with Gasteiger partial charge >= 0.3 is 6.03 Å². The average Bonchev–Trinajstić information content (AvgIpc) is 3.15. The van der Waals surface area contributed by atoms with E-state index in [2.05, 4.69) is 10.3 Å². The number of halogens is 3. The predicted octanol–water partition coefficient (Wildman–Crippen LogP) is 4.66. The largest absolute Gasteiger partial charge is 0.477 e. The van der Waals surface area contributed by atoms with Gasteiger partial charge in [0.2, 0.25) is 5.88 Å². The summed E-state index contributed by atoms with van der Waals surface area (Å²) in [7, 11) is 0. The van der Waals surface area contributed by atoms with Crippen LogP contribution in [0.4, 0.5) is 19.3 Å². The lowest BCUT2D eigenvalue weighted by atomic mass is 10.0. The van der Waals surface area contributed by atoms with E-state index in [1.54, 1.807) is 17.2 Å². The lowest BCUT2D eigenvalue weighted by Crippen LogP contribution is -2.39. The second kappa shape index (κ2) is 7.75. The SMILES string of the molecule is O=C(Nc1ccnc2c1CCO2)N1CCC(=Cc2c(F)cc(Cl)cc2F)CC1. The first kappa shape index (κ1) is 18.7. The Bertz CT molecular complexity index is 931. The first-order valence-corrected chi connectivity index (χ1v) is 9.39. The smallest absolute Gasteiger partial charge is 0.321 e. The zero-order chi connectivity index (χ0) is 19.7. The number of nitrogens with zero attached hydrogens (tertiary/aromatic N) is 2. The van der Waals surface area contributed by atoms with Gasteiger partial charge in [0.05, 0.1) is 12.3 Å². The number of anilines is 1. The third kappa shape index (κ3) is 3.80. The van der Waals surface area contributed by atoms with Crippen molar-refractivity contribution in [2.24, 2.45) is 0 Å². The number of carbonyl (C=O) groups is 1. The molecule has 3 heterocycles. The number of urea groups is 1. The number of hydrogen-bond donors (Lipinski definition) is 1. The second-order valence-electron chi connectivity index (χ2n) is 6.74. The Hall–Kier alpha value is -2.67. The Morgan fingerprint density at radius 3 is 2.64 bits per heavy atom. The second-order valence-corrected chi connectivity index (χ2v) is 7.18. The van der Waals surface area contributed by atoms with Crippen molar-refractivity contribution in [2.45, 2.75) is 19.3 Å². The summed E-state index contributed by atoms with van der Waals surface area (Å²) in [4.78, 5) is 18.4. The molecule has 1 fully saturated rings. The number of rotatable bonds is 2. The van der Waals surface area contributed by atoms with E-state index in [0.717, 1.165) is 23.3 Å². The Labute approximate surface area is 166 Å². The fourth-order valence-electron chi connectivity index (χ4n) is 3.44. The van der Waals surface area contributed by atoms with Crippen LogP contribution < -0.4 is 10.1 Å². The first-order chi connectivity index (χ1) is 13.5. The molecule has 2 aliphatic heterocycles. The number of aromatic nitrogens is 1. The number of fused-ring (bicyclic) bond motifs is 1. The number of benzene rings is 1. The maximum absolute atomic E-state index is 14.0. The summed E-state index contributed by atoms with van der Waals surface area (Å²) in [5, 5.41) is 2.94. The van der Waals surface area contributed by atoms with Crippen LogP contribution in [0.25, 0.3) is 6.08 Å². The van der Waals surface area contributed by atoms with Crippen molar-refractivity contribution in [1.29, 1.82) is 0 Å². The van der Waals surface area contributed by atoms with Gasteiger partial charge < -0.3 is 15.0 Å². The van der Waals surface area contributed by atoms with Crippen LogP contribution in [-0.2, 0) is 6.42 Å². The van der Waals surface area contributed by atoms with Crippen molar-refractivity contribution >= 4 is 29.4 Å². The van der Waals surface area contributed by atoms with Gasteiger partial charge in [-0.15, -0.1) is 0 Å². The Balaban J connectivity index is 1.41. The molecule has 0 bridgehead atoms. The van der Waals surface area contributed by atoms with Crippen LogP contribution in [0.1, 0.15) is 24.0 Å². The molecule has 5 nitrogen and oxygen atoms in total. The number of piperidine rings is 1. The summed E-state index contributed by atoms with van der Waals surface area (Å²) in [6.07, 6.45) is 4.93. The number of nitrogens with one attached hydrogen (secondary N) is 1. The Morgan fingerprint density at radius 1 is 1.21 bits per heavy atom. The molecule has 2 aromatic rings. The van der Waals surface area contributed by atoms with E-state index >= 15 is 0 Å². The minimum absolute atomic E-state index is 0.0247. The van der Waals surface area contributed by atoms with Gasteiger partial charge in [-0.3, -0.25) is 0 Å². The summed E-state index contributed by atoms with van der Waals surface area (Å²) in [5.41, 5.74) is 2.41. The highest BCUT2D eigenvalue weighted by atomic mass is 35.5. The molecule has 0 unspecified atom stereocenters. The zero-order valence-electron chi connectivity index (χ0n) is 15.0. The van der Waals surface area contributed by atoms with E-state index in [0.29, 0.717) is 50.5 Å². The lowest BCUT2D eigenvalue weighted by Gasteiger charge is -2.29. The Morgan fingerprint density at radius 2 is 1.93 bits per heavy atom. The van der Waals surface area contributed by atoms with Gasteiger partial charge in [0.15, 0.2) is 0 Å². The molecule has 4 rings (SSSR count). The highest BCUT2D eigenvalue weighted by Gasteiger charge is 2.23. The van der Waals surface area contributed by atoms with Gasteiger partial charge in [-0.1, -0.05) is 17.2 Å². The number of pyridine rings is 1. The average molecular weight is 406 g/mol. The molecule has 28 heavy (non-hydrogen) atoms. The van der Waals surface area contributed by atoms with Crippen LogP contribution in [0.5, 0.6) is 5.88 Å². The van der Waals surface area contributed by atoms with Crippen molar-refractivity contribution in [3.63, 3.8) is 0 Å². The van der Waals surface area contributed by atoms with E-state index < -0.39 is 11.6 Å². The summed E-state index contributed by atoms with van der Waals surface area (Å²) in [6, 6.07) is 3.74. The minimum atomic E-state index is -0.688. The van der Waals surface area contributed by atoms with Crippen LogP contribution in [0.15, 0.2) is 30.0 Å². The number of likely N-dealkylation sites (tertiary alicyclic amines) is 1. The van der Waals surface area contributed by atoms with Gasteiger partial charge in [0.1, 0.15) is 11.6 Å². The molecule has 1 N–H and O–H groups in total. The molecule has 0 spiro atoms. The highest BCUT2D eigenvalue weighted by molar-refractivity contribution is 6.30. The molecule has 1 aromatic heterocycles. The van der Waals surface area contributed by atoms with Gasteiger partial charge in [-0.25, -0.2) is 18.6 Å². The number of hydrogen-bond acceptors (Lipinski definition) is 3. The van der Waals surface area contributed by atoms with Gasteiger partial charge in [0, 0.05) is 41.9 Å². The summed E-state index contributed by atoms with van der Waals surface area (Å²) < 4.78 is 33.3. The topological polar surface area (TPSA) is 54.5 Å². The fraction of sp³-hybridized carbons (Fsp3) is 0.300. The summed E-state index contributed by atoms with van der Waals surface area (Å²) in [5.74, 6) is -0.813. The van der Waals surface area contributed by atoms with Gasteiger partial charge in [-0.2, -0.15) is 0 Å². The fourth-order valence-corrected chi connectivity index (χ4v) is 3.63. The van der Waals surface area contributed by atoms with Gasteiger partial charge in [-0.05, 0) is 37.1 Å². The molecule has 1 aromatic carbocycles. The van der Waals surface area contributed by atoms with Crippen LogP contribution in [-0.4, -0.2) is 35.6 Å². The molecular weight excluding hydrogens is 388 g/mol. The van der Waals surface area contributed by atoms with E-state index in [4.69, 9.17) is 16.3 Å². The summed E-state index contributed by atoms with van der Waals surface area (Å²) in [6.45, 7) is 1.50. The van der Waals surface area contributed by atoms with E-state index in [1.165, 1.54) is 6.08 Å². The van der Waals surface area contributed by atoms with Crippen molar-refractivity contribution in [1.82, 2.24) is 9.88 Å². The van der Waals surface area contributed by atoms with E-state index in [9.17, 15) is 13.6 Å². The maximum atomic E-state index is 14.0. The molecule has 0 atom stereocenters. The predicted molar refractivity (Wildman–Crippen MR) is 103 cm³/mol. The molecule has 146 valence electrons. The molecule has 2 amide bonds. The van der Waals surface area contributed by atoms with Crippen molar-refractivity contribution in [3.8, 4) is 5.88 Å². The molecule has 2 aliphatic rings. The number of carbonyl (C=O) groups excluding carboxylic acids is 1. The first-order valence-electron chi connectivity index (χ1n) is 9.02. The van der Waals surface area contributed by atoms with Crippen LogP contribution >= 0.6 is 11.6 Å². The normalized spacial score (nSPS) is 15.8. The van der Waals surface area contributed by atoms with Crippen molar-refractivity contribution < 1.29 is 18.3 Å². The van der Waals surface area contributed by atoms with Crippen LogP contribution in [0, 0.1) is 11.6 Å². The number of amides is 2. The molecule has 8 heteroatoms. The molecule has 0 radical (unpaired) electrons. The highest BCUT2D eigenvalue weighted by Crippen LogP contribution is 2.30. The quantitative estimate of drug-likeness (QED) is 0.790. The summed E-state index contributed by atoms with van der Waals surface area (Å²) >= 11 is 5.66. The maximum Gasteiger partial charge on any atom is 0.321 e. The van der Waals surface area contributed by atoms with Gasteiger partial charge in [0.25, 0.3) is 0 Å². The monoisotopic (exact) mass is 405 g/mol. The zero-order valence-corrected chi connectivity index (χ0v) is 15.7. The van der Waals surface area contributed by atoms with Crippen molar-refractivity contribution in [2.75, 3.05) is 25.0 Å². The van der Waals surface area contributed by atoms with Crippen LogP contribution in [0.2, 0.25) is 5.02 Å². The molecule has 1 saturated heterocycles. The number of ether oxygens (including phenoxy) is 1. The molecule has 0 saturated carbocycles. The Kier molecular flexibility index (Phi) is 5.17. The van der Waals surface area contributed by atoms with Crippen LogP contribution in [0.3, 0.4) is 0 Å². The van der Waals surface area contributed by atoms with E-state index in [-0.39, 0.29) is 16.6 Å². The molecular formula is C20H18ClF2N3O2. The standard InChI is InChI=1S/C20H18ClF2N3O2/c21-13-10-16(22)15(17(23)11-13)9-12-2-6-26(7-3-12)20(27)25-18-1-5-24-19-14(18)4-8-28-19/h1,5,9-11H,2-4,6-8H2,(H,24,25,27). The molecule has 0 aliphatic carbocycles. The van der Waals surface area contributed by atoms with E-state index in [1.807, 2.05) is 0 Å². The third-order valence-electron chi connectivity index (χ3n) is 4.93. The third-order valence-corrected chi connectivity index (χ3v) is 5.15. The minimum Gasteiger partial charge on any atom is -0.477 e.